The number of hydrogen-bond acceptors (Lipinski definition) is 5. The molecule has 0 spiro atoms. The fourth-order valence-corrected chi connectivity index (χ4v) is 4.45. The highest BCUT2D eigenvalue weighted by molar-refractivity contribution is 7.12. The van der Waals surface area contributed by atoms with Gasteiger partial charge in [-0.2, -0.15) is 0 Å². The molecule has 1 aliphatic carbocycles. The summed E-state index contributed by atoms with van der Waals surface area (Å²) in [7, 11) is 1.51. The molecule has 1 atom stereocenters. The average molecular weight is 462 g/mol. The highest BCUT2D eigenvalue weighted by Gasteiger charge is 2.33. The Bertz CT molecular complexity index is 898. The highest BCUT2D eigenvalue weighted by atomic mass is 32.1. The highest BCUT2D eigenvalue weighted by Crippen LogP contribution is 2.24. The number of rotatable bonds is 10. The summed E-state index contributed by atoms with van der Waals surface area (Å²) in [5.74, 6) is -1.53. The molecule has 32 heavy (non-hydrogen) atoms. The fraction of sp³-hybridized carbons (Fsp3) is 0.435. The van der Waals surface area contributed by atoms with Gasteiger partial charge in [0, 0.05) is 19.7 Å². The lowest BCUT2D eigenvalue weighted by Gasteiger charge is -2.32. The maximum absolute atomic E-state index is 13.5. The van der Waals surface area contributed by atoms with Gasteiger partial charge in [-0.3, -0.25) is 14.4 Å². The second-order valence-electron chi connectivity index (χ2n) is 7.68. The molecule has 1 aromatic carbocycles. The fourth-order valence-electron chi connectivity index (χ4n) is 3.81. The zero-order valence-electron chi connectivity index (χ0n) is 18.0. The summed E-state index contributed by atoms with van der Waals surface area (Å²) in [6, 6.07) is 8.07. The Kier molecular flexibility index (Phi) is 8.75. The third-order valence-electron chi connectivity index (χ3n) is 5.45. The number of carbonyl (C=O) groups is 3. The lowest BCUT2D eigenvalue weighted by atomic mass is 10.0. The van der Waals surface area contributed by atoms with Crippen molar-refractivity contribution in [3.63, 3.8) is 0 Å². The molecule has 0 aliphatic heterocycles. The maximum atomic E-state index is 13.5. The van der Waals surface area contributed by atoms with Gasteiger partial charge < -0.3 is 20.3 Å². The Balaban J connectivity index is 1.81. The van der Waals surface area contributed by atoms with Gasteiger partial charge in [0.2, 0.25) is 11.8 Å². The van der Waals surface area contributed by atoms with Crippen molar-refractivity contribution >= 4 is 29.1 Å². The average Bonchev–Trinajstić information content (AvgIpc) is 3.50. The molecule has 9 heteroatoms. The molecule has 2 aromatic rings. The predicted molar refractivity (Wildman–Crippen MR) is 120 cm³/mol. The Morgan fingerprint density at radius 2 is 1.91 bits per heavy atom. The lowest BCUT2D eigenvalue weighted by molar-refractivity contribution is -0.141. The van der Waals surface area contributed by atoms with Crippen LogP contribution in [0.2, 0.25) is 0 Å². The first-order chi connectivity index (χ1) is 15.5. The first kappa shape index (κ1) is 23.9. The summed E-state index contributed by atoms with van der Waals surface area (Å²) in [6.07, 6.45) is 3.88. The third-order valence-corrected chi connectivity index (χ3v) is 6.32. The van der Waals surface area contributed by atoms with E-state index in [4.69, 9.17) is 4.74 Å². The van der Waals surface area contributed by atoms with Crippen molar-refractivity contribution < 1.29 is 23.5 Å². The van der Waals surface area contributed by atoms with E-state index in [1.165, 1.54) is 47.6 Å². The van der Waals surface area contributed by atoms with Crippen LogP contribution >= 0.6 is 11.3 Å². The second kappa shape index (κ2) is 11.7. The Hall–Kier alpha value is -2.78. The number of amides is 3. The molecular formula is C23H28FN3O4S. The van der Waals surface area contributed by atoms with Crippen LogP contribution in [0.25, 0.3) is 0 Å². The van der Waals surface area contributed by atoms with Crippen molar-refractivity contribution in [3.05, 3.63) is 58.0 Å². The molecule has 3 rings (SSSR count). The Morgan fingerprint density at radius 1 is 1.19 bits per heavy atom. The van der Waals surface area contributed by atoms with Gasteiger partial charge in [-0.25, -0.2) is 4.39 Å². The molecular weight excluding hydrogens is 433 g/mol. The van der Waals surface area contributed by atoms with Crippen LogP contribution in [-0.4, -0.2) is 55.5 Å². The number of nitrogens with zero attached hydrogens (tertiary/aromatic N) is 1. The van der Waals surface area contributed by atoms with Crippen LogP contribution in [0.5, 0.6) is 0 Å². The van der Waals surface area contributed by atoms with Crippen LogP contribution in [0.3, 0.4) is 0 Å². The Labute approximate surface area is 190 Å². The zero-order valence-corrected chi connectivity index (χ0v) is 18.8. The van der Waals surface area contributed by atoms with Crippen LogP contribution in [-0.2, 0) is 14.3 Å². The summed E-state index contributed by atoms with van der Waals surface area (Å²) in [4.78, 5) is 40.6. The standard InChI is InChI=1S/C23H28FN3O4S/c1-31-13-12-27(20(28)15-25-22(29)19-7-4-14-32-19)21(16-8-10-17(24)11-9-16)23(30)26-18-5-2-3-6-18/h4,7-11,14,18,21H,2-3,5-6,12-13,15H2,1H3,(H,25,29)(H,26,30)/t21-/m1/s1. The minimum Gasteiger partial charge on any atom is -0.383 e. The summed E-state index contributed by atoms with van der Waals surface area (Å²) in [5, 5.41) is 7.43. The number of benzene rings is 1. The normalized spacial score (nSPS) is 14.7. The van der Waals surface area contributed by atoms with E-state index < -0.39 is 17.8 Å². The van der Waals surface area contributed by atoms with Crippen LogP contribution in [0.1, 0.15) is 47.0 Å². The summed E-state index contributed by atoms with van der Waals surface area (Å²) >= 11 is 1.28. The molecule has 1 heterocycles. The van der Waals surface area contributed by atoms with Gasteiger partial charge >= 0.3 is 0 Å². The molecule has 1 aliphatic rings. The molecule has 0 saturated heterocycles. The monoisotopic (exact) mass is 461 g/mol. The molecule has 172 valence electrons. The van der Waals surface area contributed by atoms with E-state index in [9.17, 15) is 18.8 Å². The van der Waals surface area contributed by atoms with Crippen molar-refractivity contribution in [1.82, 2.24) is 15.5 Å². The van der Waals surface area contributed by atoms with E-state index >= 15 is 0 Å². The number of carbonyl (C=O) groups excluding carboxylic acids is 3. The zero-order chi connectivity index (χ0) is 22.9. The van der Waals surface area contributed by atoms with Gasteiger partial charge in [0.25, 0.3) is 5.91 Å². The van der Waals surface area contributed by atoms with E-state index in [0.717, 1.165) is 25.7 Å². The molecule has 3 amide bonds. The lowest BCUT2D eigenvalue weighted by Crippen LogP contribution is -2.49. The maximum Gasteiger partial charge on any atom is 0.261 e. The number of methoxy groups -OCH3 is 1. The van der Waals surface area contributed by atoms with Crippen LogP contribution in [0, 0.1) is 5.82 Å². The van der Waals surface area contributed by atoms with Crippen LogP contribution < -0.4 is 10.6 Å². The van der Waals surface area contributed by atoms with Crippen molar-refractivity contribution in [1.29, 1.82) is 0 Å². The van der Waals surface area contributed by atoms with Crippen molar-refractivity contribution in [3.8, 4) is 0 Å². The molecule has 1 aromatic heterocycles. The summed E-state index contributed by atoms with van der Waals surface area (Å²) < 4.78 is 18.7. The van der Waals surface area contributed by atoms with Gasteiger partial charge in [0.1, 0.15) is 11.9 Å². The van der Waals surface area contributed by atoms with E-state index in [2.05, 4.69) is 10.6 Å². The van der Waals surface area contributed by atoms with E-state index in [1.807, 2.05) is 0 Å². The quantitative estimate of drug-likeness (QED) is 0.570. The smallest absolute Gasteiger partial charge is 0.261 e. The molecule has 1 saturated carbocycles. The SMILES string of the molecule is COCCN(C(=O)CNC(=O)c1cccs1)[C@@H](C(=O)NC1CCCC1)c1ccc(F)cc1. The predicted octanol–water partition coefficient (Wildman–Crippen LogP) is 2.89. The molecule has 0 radical (unpaired) electrons. The van der Waals surface area contributed by atoms with Gasteiger partial charge in [-0.05, 0) is 42.0 Å². The summed E-state index contributed by atoms with van der Waals surface area (Å²) in [5.41, 5.74) is 0.496. The first-order valence-electron chi connectivity index (χ1n) is 10.7. The third kappa shape index (κ3) is 6.37. The first-order valence-corrected chi connectivity index (χ1v) is 11.5. The number of nitrogens with one attached hydrogen (secondary N) is 2. The molecule has 1 fully saturated rings. The van der Waals surface area contributed by atoms with E-state index in [-0.39, 0.29) is 37.6 Å². The van der Waals surface area contributed by atoms with Gasteiger partial charge in [-0.15, -0.1) is 11.3 Å². The van der Waals surface area contributed by atoms with Crippen molar-refractivity contribution in [2.45, 2.75) is 37.8 Å². The topological polar surface area (TPSA) is 87.7 Å². The number of thiophene rings is 1. The van der Waals surface area contributed by atoms with Crippen molar-refractivity contribution in [2.75, 3.05) is 26.8 Å². The van der Waals surface area contributed by atoms with Gasteiger partial charge in [0.15, 0.2) is 0 Å². The minimum atomic E-state index is -0.961. The molecule has 7 nitrogen and oxygen atoms in total. The van der Waals surface area contributed by atoms with Crippen LogP contribution in [0.4, 0.5) is 4.39 Å². The van der Waals surface area contributed by atoms with Crippen LogP contribution in [0.15, 0.2) is 41.8 Å². The molecule has 2 N–H and O–H groups in total. The molecule has 0 bridgehead atoms. The number of hydrogen-bond donors (Lipinski definition) is 2. The summed E-state index contributed by atoms with van der Waals surface area (Å²) in [6.45, 7) is 0.0815. The van der Waals surface area contributed by atoms with Gasteiger partial charge in [0.05, 0.1) is 18.0 Å². The second-order valence-corrected chi connectivity index (χ2v) is 8.63. The number of ether oxygens (including phenoxy) is 1. The number of halogens is 1. The largest absolute Gasteiger partial charge is 0.383 e. The van der Waals surface area contributed by atoms with Crippen molar-refractivity contribution in [2.24, 2.45) is 0 Å². The molecule has 0 unspecified atom stereocenters. The van der Waals surface area contributed by atoms with Gasteiger partial charge in [-0.1, -0.05) is 31.0 Å². The minimum absolute atomic E-state index is 0.0587. The van der Waals surface area contributed by atoms with E-state index in [1.54, 1.807) is 17.5 Å². The Morgan fingerprint density at radius 3 is 2.53 bits per heavy atom. The van der Waals surface area contributed by atoms with E-state index in [0.29, 0.717) is 10.4 Å².